The number of ether oxygens (including phenoxy) is 1. The van der Waals surface area contributed by atoms with Gasteiger partial charge in [-0.2, -0.15) is 0 Å². The Kier molecular flexibility index (Phi) is 5.28. The maximum Gasteiger partial charge on any atom is 0.307 e. The lowest BCUT2D eigenvalue weighted by atomic mass is 9.99. The van der Waals surface area contributed by atoms with Gasteiger partial charge in [-0.25, -0.2) is 4.39 Å². The van der Waals surface area contributed by atoms with Crippen LogP contribution in [-0.4, -0.2) is 28.7 Å². The van der Waals surface area contributed by atoms with Gasteiger partial charge in [0.1, 0.15) is 0 Å². The maximum atomic E-state index is 14.4. The van der Waals surface area contributed by atoms with Crippen LogP contribution in [0.3, 0.4) is 0 Å². The molecule has 1 atom stereocenters. The monoisotopic (exact) mass is 386 g/mol. The van der Waals surface area contributed by atoms with Crippen molar-refractivity contribution in [2.24, 2.45) is 0 Å². The number of allylic oxidation sites excluding steroid dienone is 2. The summed E-state index contributed by atoms with van der Waals surface area (Å²) in [4.78, 5) is 12.0. The van der Waals surface area contributed by atoms with E-state index < -0.39 is 22.6 Å². The first kappa shape index (κ1) is 19.0. The van der Waals surface area contributed by atoms with Crippen LogP contribution in [0.5, 0.6) is 5.75 Å². The second-order valence-corrected chi connectivity index (χ2v) is 7.55. The molecule has 1 N–H and O–H groups in total. The predicted octanol–water partition coefficient (Wildman–Crippen LogP) is 4.34. The van der Waals surface area contributed by atoms with E-state index in [0.29, 0.717) is 32.8 Å². The van der Waals surface area contributed by atoms with Gasteiger partial charge in [-0.05, 0) is 46.9 Å². The lowest BCUT2D eigenvalue weighted by Crippen LogP contribution is -1.99. The lowest BCUT2D eigenvalue weighted by molar-refractivity contribution is -0.135. The zero-order valence-corrected chi connectivity index (χ0v) is 16.0. The lowest BCUT2D eigenvalue weighted by Gasteiger charge is -2.13. The first-order valence-corrected chi connectivity index (χ1v) is 9.84. The van der Waals surface area contributed by atoms with E-state index in [1.165, 1.54) is 19.2 Å². The number of aliphatic carboxylic acids is 1. The Morgan fingerprint density at radius 1 is 1.19 bits per heavy atom. The molecule has 0 heterocycles. The van der Waals surface area contributed by atoms with Crippen molar-refractivity contribution in [3.8, 4) is 5.75 Å². The quantitative estimate of drug-likeness (QED) is 0.830. The summed E-state index contributed by atoms with van der Waals surface area (Å²) in [6.07, 6.45) is 1.35. The minimum atomic E-state index is -1.37. The molecule has 1 aliphatic carbocycles. The van der Waals surface area contributed by atoms with Gasteiger partial charge in [0, 0.05) is 11.8 Å². The fourth-order valence-electron chi connectivity index (χ4n) is 3.44. The van der Waals surface area contributed by atoms with Crippen LogP contribution in [0, 0.1) is 5.82 Å². The molecule has 0 fully saturated rings. The second-order valence-electron chi connectivity index (χ2n) is 6.23. The molecular formula is C21H19FO4S. The molecule has 0 radical (unpaired) electrons. The Hall–Kier alpha value is -2.73. The van der Waals surface area contributed by atoms with Gasteiger partial charge in [-0.3, -0.25) is 9.00 Å². The van der Waals surface area contributed by atoms with Crippen molar-refractivity contribution in [1.29, 1.82) is 0 Å². The van der Waals surface area contributed by atoms with Gasteiger partial charge in [0.25, 0.3) is 0 Å². The third kappa shape index (κ3) is 3.45. The van der Waals surface area contributed by atoms with Gasteiger partial charge in [0.15, 0.2) is 11.6 Å². The van der Waals surface area contributed by atoms with Gasteiger partial charge >= 0.3 is 5.97 Å². The topological polar surface area (TPSA) is 63.6 Å². The van der Waals surface area contributed by atoms with Crippen LogP contribution in [0.4, 0.5) is 4.39 Å². The summed E-state index contributed by atoms with van der Waals surface area (Å²) in [6, 6.07) is 12.1. The molecule has 4 nitrogen and oxygen atoms in total. The maximum absolute atomic E-state index is 14.4. The van der Waals surface area contributed by atoms with Gasteiger partial charge < -0.3 is 9.84 Å². The summed E-state index contributed by atoms with van der Waals surface area (Å²) >= 11 is 0. The molecule has 0 spiro atoms. The Balaban J connectivity index is 2.39. The van der Waals surface area contributed by atoms with Crippen molar-refractivity contribution >= 4 is 32.8 Å². The number of benzene rings is 2. The van der Waals surface area contributed by atoms with Crippen molar-refractivity contribution in [3.05, 3.63) is 70.5 Å². The van der Waals surface area contributed by atoms with E-state index in [4.69, 9.17) is 4.74 Å². The summed E-state index contributed by atoms with van der Waals surface area (Å²) in [6.45, 7) is 1.79. The highest BCUT2D eigenvalue weighted by molar-refractivity contribution is 7.94. The zero-order chi connectivity index (χ0) is 19.7. The predicted molar refractivity (Wildman–Crippen MR) is 105 cm³/mol. The highest BCUT2D eigenvalue weighted by atomic mass is 32.2. The molecule has 1 aliphatic rings. The van der Waals surface area contributed by atoms with Crippen LogP contribution in [0.2, 0.25) is 0 Å². The fourth-order valence-corrected chi connectivity index (χ4v) is 4.45. The Labute approximate surface area is 159 Å². The largest absolute Gasteiger partial charge is 0.494 e. The van der Waals surface area contributed by atoms with E-state index in [-0.39, 0.29) is 12.2 Å². The summed E-state index contributed by atoms with van der Waals surface area (Å²) in [7, 11) is -0.00762. The summed E-state index contributed by atoms with van der Waals surface area (Å²) in [5, 5.41) is 9.33. The standard InChI is InChI=1S/C21H19FO4S/c1-12-14(11-19(23)24)15-10-18(26-2)17(22)9-16(15)20(12)21(27(3)25)13-7-5-4-6-8-13/h4-10H,11H2,1-3H3,(H,23,24). The molecule has 0 amide bonds. The molecule has 0 saturated carbocycles. The van der Waals surface area contributed by atoms with Crippen LogP contribution >= 0.6 is 0 Å². The molecule has 0 bridgehead atoms. The number of rotatable bonds is 5. The molecule has 27 heavy (non-hydrogen) atoms. The molecule has 3 rings (SSSR count). The number of halogens is 1. The average molecular weight is 386 g/mol. The van der Waals surface area contributed by atoms with Gasteiger partial charge in [-0.15, -0.1) is 0 Å². The molecule has 2 aromatic rings. The van der Waals surface area contributed by atoms with Crippen LogP contribution in [0.15, 0.2) is 48.0 Å². The molecule has 140 valence electrons. The Bertz CT molecular complexity index is 1010. The number of carbonyl (C=O) groups is 1. The van der Waals surface area contributed by atoms with Crippen molar-refractivity contribution in [2.75, 3.05) is 13.4 Å². The molecule has 6 heteroatoms. The van der Waals surface area contributed by atoms with E-state index in [9.17, 15) is 18.5 Å². The number of carboxylic acid groups (broad SMARTS) is 1. The van der Waals surface area contributed by atoms with E-state index in [0.717, 1.165) is 5.56 Å². The number of carboxylic acids is 1. The normalized spacial score (nSPS) is 16.1. The number of hydrogen-bond acceptors (Lipinski definition) is 3. The van der Waals surface area contributed by atoms with Gasteiger partial charge in [-0.1, -0.05) is 30.3 Å². The van der Waals surface area contributed by atoms with Crippen LogP contribution < -0.4 is 4.74 Å². The van der Waals surface area contributed by atoms with Gasteiger partial charge in [0.05, 0.1) is 29.2 Å². The molecule has 1 unspecified atom stereocenters. The molecule has 0 aromatic heterocycles. The molecule has 0 aliphatic heterocycles. The third-order valence-electron chi connectivity index (χ3n) is 4.59. The number of hydrogen-bond donors (Lipinski definition) is 1. The van der Waals surface area contributed by atoms with Crippen molar-refractivity contribution in [1.82, 2.24) is 0 Å². The first-order valence-electron chi connectivity index (χ1n) is 8.28. The van der Waals surface area contributed by atoms with Crippen LogP contribution in [0.25, 0.3) is 16.1 Å². The number of methoxy groups -OCH3 is 1. The summed E-state index contributed by atoms with van der Waals surface area (Å²) in [5.41, 5.74) is 3.78. The number of fused-ring (bicyclic) bond motifs is 1. The highest BCUT2D eigenvalue weighted by Gasteiger charge is 2.30. The van der Waals surface area contributed by atoms with E-state index in [1.807, 2.05) is 30.3 Å². The molecule has 2 aromatic carbocycles. The molecular weight excluding hydrogens is 367 g/mol. The third-order valence-corrected chi connectivity index (χ3v) is 5.61. The SMILES string of the molecule is COc1cc2c(cc1F)C(=C(c1ccccc1)S(C)=O)C(C)=C2CC(=O)O. The summed E-state index contributed by atoms with van der Waals surface area (Å²) < 4.78 is 32.1. The zero-order valence-electron chi connectivity index (χ0n) is 15.2. The average Bonchev–Trinajstić information content (AvgIpc) is 2.87. The van der Waals surface area contributed by atoms with Crippen LogP contribution in [-0.2, 0) is 15.6 Å². The van der Waals surface area contributed by atoms with Crippen molar-refractivity contribution in [3.63, 3.8) is 0 Å². The van der Waals surface area contributed by atoms with Crippen molar-refractivity contribution in [2.45, 2.75) is 13.3 Å². The van der Waals surface area contributed by atoms with Crippen molar-refractivity contribution < 1.29 is 23.2 Å². The van der Waals surface area contributed by atoms with E-state index in [1.54, 1.807) is 13.2 Å². The van der Waals surface area contributed by atoms with Gasteiger partial charge in [0.2, 0.25) is 0 Å². The molecule has 0 saturated heterocycles. The second kappa shape index (κ2) is 7.48. The minimum absolute atomic E-state index is 0.0459. The first-order chi connectivity index (χ1) is 12.8. The highest BCUT2D eigenvalue weighted by Crippen LogP contribution is 2.48. The minimum Gasteiger partial charge on any atom is -0.494 e. The Morgan fingerprint density at radius 2 is 1.85 bits per heavy atom. The van der Waals surface area contributed by atoms with E-state index in [2.05, 4.69) is 0 Å². The Morgan fingerprint density at radius 3 is 2.41 bits per heavy atom. The summed E-state index contributed by atoms with van der Waals surface area (Å²) in [5.74, 6) is -1.49. The van der Waals surface area contributed by atoms with Crippen LogP contribution in [0.1, 0.15) is 30.0 Å². The van der Waals surface area contributed by atoms with E-state index >= 15 is 0 Å². The smallest absolute Gasteiger partial charge is 0.307 e. The fraction of sp³-hybridized carbons (Fsp3) is 0.190.